The second-order valence-electron chi connectivity index (χ2n) is 4.67. The first-order valence-corrected chi connectivity index (χ1v) is 7.59. The number of rotatable bonds is 6. The van der Waals surface area contributed by atoms with E-state index in [2.05, 4.69) is 15.6 Å². The lowest BCUT2D eigenvalue weighted by Gasteiger charge is -2.03. The maximum Gasteiger partial charge on any atom is 0.240 e. The molecule has 2 N–H and O–H groups in total. The first-order valence-electron chi connectivity index (χ1n) is 6.77. The quantitative estimate of drug-likeness (QED) is 0.622. The summed E-state index contributed by atoms with van der Waals surface area (Å²) < 4.78 is 4.90. The van der Waals surface area contributed by atoms with Gasteiger partial charge in [0.2, 0.25) is 5.91 Å². The van der Waals surface area contributed by atoms with Gasteiger partial charge in [0.15, 0.2) is 5.13 Å². The Balaban J connectivity index is 0.00000200. The summed E-state index contributed by atoms with van der Waals surface area (Å²) >= 11 is 1.63. The SMILES string of the molecule is COCCNCC(=O)Nc1nc2c(s1)CCCCC2.Cl. The molecule has 1 aliphatic rings. The van der Waals surface area contributed by atoms with Crippen LogP contribution in [0.5, 0.6) is 0 Å². The van der Waals surface area contributed by atoms with Crippen LogP contribution in [-0.4, -0.2) is 37.7 Å². The van der Waals surface area contributed by atoms with E-state index in [0.717, 1.165) is 18.0 Å². The predicted octanol–water partition coefficient (Wildman–Crippen LogP) is 2.01. The maximum atomic E-state index is 11.7. The number of anilines is 1. The number of aryl methyl sites for hydroxylation is 2. The van der Waals surface area contributed by atoms with Gasteiger partial charge in [-0.05, 0) is 25.7 Å². The molecule has 1 aromatic rings. The van der Waals surface area contributed by atoms with Crippen LogP contribution in [0.1, 0.15) is 29.8 Å². The molecule has 0 fully saturated rings. The minimum atomic E-state index is -0.0417. The zero-order valence-corrected chi connectivity index (χ0v) is 13.4. The summed E-state index contributed by atoms with van der Waals surface area (Å²) in [6.07, 6.45) is 5.89. The minimum absolute atomic E-state index is 0. The van der Waals surface area contributed by atoms with Gasteiger partial charge in [-0.1, -0.05) is 6.42 Å². The molecule has 0 spiro atoms. The van der Waals surface area contributed by atoms with Crippen LogP contribution in [0.15, 0.2) is 0 Å². The highest BCUT2D eigenvalue weighted by Gasteiger charge is 2.15. The maximum absolute atomic E-state index is 11.7. The molecule has 7 heteroatoms. The van der Waals surface area contributed by atoms with E-state index in [4.69, 9.17) is 4.74 Å². The molecule has 1 amide bonds. The van der Waals surface area contributed by atoms with Crippen LogP contribution >= 0.6 is 23.7 Å². The van der Waals surface area contributed by atoms with Crippen LogP contribution in [0, 0.1) is 0 Å². The molecule has 1 aliphatic carbocycles. The fraction of sp³-hybridized carbons (Fsp3) is 0.692. The summed E-state index contributed by atoms with van der Waals surface area (Å²) in [5.74, 6) is -0.0417. The number of nitrogens with zero attached hydrogens (tertiary/aromatic N) is 1. The van der Waals surface area contributed by atoms with Gasteiger partial charge in [0, 0.05) is 18.5 Å². The molecule has 0 bridgehead atoms. The molecule has 0 atom stereocenters. The van der Waals surface area contributed by atoms with E-state index in [0.29, 0.717) is 19.7 Å². The Hall–Kier alpha value is -0.690. The lowest BCUT2D eigenvalue weighted by atomic mass is 10.2. The number of methoxy groups -OCH3 is 1. The van der Waals surface area contributed by atoms with Gasteiger partial charge in [0.25, 0.3) is 0 Å². The van der Waals surface area contributed by atoms with Crippen molar-refractivity contribution in [3.05, 3.63) is 10.6 Å². The van der Waals surface area contributed by atoms with Gasteiger partial charge >= 0.3 is 0 Å². The molecule has 114 valence electrons. The van der Waals surface area contributed by atoms with Gasteiger partial charge in [-0.25, -0.2) is 4.98 Å². The van der Waals surface area contributed by atoms with Crippen molar-refractivity contribution >= 4 is 34.8 Å². The lowest BCUT2D eigenvalue weighted by molar-refractivity contribution is -0.115. The number of aromatic nitrogens is 1. The van der Waals surface area contributed by atoms with E-state index in [1.54, 1.807) is 18.4 Å². The summed E-state index contributed by atoms with van der Waals surface area (Å²) in [6, 6.07) is 0. The smallest absolute Gasteiger partial charge is 0.240 e. The second kappa shape index (κ2) is 9.28. The van der Waals surface area contributed by atoms with Crippen molar-refractivity contribution in [3.63, 3.8) is 0 Å². The first kappa shape index (κ1) is 17.4. The van der Waals surface area contributed by atoms with Crippen molar-refractivity contribution in [1.82, 2.24) is 10.3 Å². The average Bonchev–Trinajstić information content (AvgIpc) is 2.64. The number of carbonyl (C=O) groups excluding carboxylic acids is 1. The Morgan fingerprint density at radius 2 is 2.15 bits per heavy atom. The second-order valence-corrected chi connectivity index (χ2v) is 5.75. The molecule has 2 rings (SSSR count). The molecule has 20 heavy (non-hydrogen) atoms. The summed E-state index contributed by atoms with van der Waals surface area (Å²) in [6.45, 7) is 1.59. The molecule has 0 aliphatic heterocycles. The van der Waals surface area contributed by atoms with E-state index >= 15 is 0 Å². The molecular formula is C13H22ClN3O2S. The number of ether oxygens (including phenoxy) is 1. The lowest BCUT2D eigenvalue weighted by Crippen LogP contribution is -2.30. The number of carbonyl (C=O) groups is 1. The zero-order valence-electron chi connectivity index (χ0n) is 11.7. The summed E-state index contributed by atoms with van der Waals surface area (Å²) in [7, 11) is 1.64. The summed E-state index contributed by atoms with van der Waals surface area (Å²) in [5, 5.41) is 6.62. The predicted molar refractivity (Wildman–Crippen MR) is 84.0 cm³/mol. The highest BCUT2D eigenvalue weighted by Crippen LogP contribution is 2.28. The zero-order chi connectivity index (χ0) is 13.5. The molecular weight excluding hydrogens is 298 g/mol. The Morgan fingerprint density at radius 1 is 1.35 bits per heavy atom. The van der Waals surface area contributed by atoms with Crippen LogP contribution in [0.4, 0.5) is 5.13 Å². The molecule has 0 saturated heterocycles. The van der Waals surface area contributed by atoms with Gasteiger partial charge in [0.05, 0.1) is 18.8 Å². The van der Waals surface area contributed by atoms with E-state index in [1.165, 1.54) is 29.8 Å². The highest BCUT2D eigenvalue weighted by molar-refractivity contribution is 7.15. The van der Waals surface area contributed by atoms with Crippen LogP contribution in [0.3, 0.4) is 0 Å². The normalized spacial score (nSPS) is 14.1. The van der Waals surface area contributed by atoms with Gasteiger partial charge in [-0.2, -0.15) is 0 Å². The summed E-state index contributed by atoms with van der Waals surface area (Å²) in [5.41, 5.74) is 1.19. The molecule has 0 unspecified atom stereocenters. The van der Waals surface area contributed by atoms with Crippen molar-refractivity contribution < 1.29 is 9.53 Å². The van der Waals surface area contributed by atoms with E-state index in [-0.39, 0.29) is 18.3 Å². The van der Waals surface area contributed by atoms with Crippen molar-refractivity contribution in [2.75, 3.05) is 32.1 Å². The van der Waals surface area contributed by atoms with Gasteiger partial charge in [0.1, 0.15) is 0 Å². The Labute approximate surface area is 129 Å². The van der Waals surface area contributed by atoms with Crippen molar-refractivity contribution in [2.24, 2.45) is 0 Å². The van der Waals surface area contributed by atoms with Crippen LogP contribution < -0.4 is 10.6 Å². The monoisotopic (exact) mass is 319 g/mol. The number of thiazole rings is 1. The fourth-order valence-corrected chi connectivity index (χ4v) is 3.19. The topological polar surface area (TPSA) is 63.2 Å². The summed E-state index contributed by atoms with van der Waals surface area (Å²) in [4.78, 5) is 17.6. The van der Waals surface area contributed by atoms with E-state index in [1.807, 2.05) is 0 Å². The third-order valence-electron chi connectivity index (χ3n) is 3.11. The molecule has 5 nitrogen and oxygen atoms in total. The molecule has 0 aromatic carbocycles. The van der Waals surface area contributed by atoms with Crippen molar-refractivity contribution in [3.8, 4) is 0 Å². The number of halogens is 1. The van der Waals surface area contributed by atoms with Crippen LogP contribution in [-0.2, 0) is 22.4 Å². The largest absolute Gasteiger partial charge is 0.383 e. The third-order valence-corrected chi connectivity index (χ3v) is 4.18. The van der Waals surface area contributed by atoms with Gasteiger partial charge in [-0.15, -0.1) is 23.7 Å². The number of nitrogens with one attached hydrogen (secondary N) is 2. The number of hydrogen-bond acceptors (Lipinski definition) is 5. The number of amides is 1. The number of fused-ring (bicyclic) bond motifs is 1. The molecule has 0 radical (unpaired) electrons. The van der Waals surface area contributed by atoms with Crippen LogP contribution in [0.25, 0.3) is 0 Å². The number of hydrogen-bond donors (Lipinski definition) is 2. The highest BCUT2D eigenvalue weighted by atomic mass is 35.5. The Morgan fingerprint density at radius 3 is 2.95 bits per heavy atom. The Kier molecular flexibility index (Phi) is 8.06. The molecule has 1 heterocycles. The standard InChI is InChI=1S/C13H21N3O2S.ClH/c1-18-8-7-14-9-12(17)16-13-15-10-5-3-2-4-6-11(10)19-13;/h14H,2-9H2,1H3,(H,15,16,17);1H. The average molecular weight is 320 g/mol. The van der Waals surface area contributed by atoms with Crippen LogP contribution in [0.2, 0.25) is 0 Å². The molecule has 1 aromatic heterocycles. The van der Waals surface area contributed by atoms with Gasteiger partial charge in [-0.3, -0.25) is 4.79 Å². The first-order chi connectivity index (χ1) is 9.29. The Bertz CT molecular complexity index is 402. The molecule has 0 saturated carbocycles. The van der Waals surface area contributed by atoms with E-state index in [9.17, 15) is 4.79 Å². The van der Waals surface area contributed by atoms with Crippen molar-refractivity contribution in [1.29, 1.82) is 0 Å². The van der Waals surface area contributed by atoms with Gasteiger partial charge < -0.3 is 15.4 Å². The van der Waals surface area contributed by atoms with E-state index < -0.39 is 0 Å². The minimum Gasteiger partial charge on any atom is -0.383 e. The third kappa shape index (κ3) is 5.36. The fourth-order valence-electron chi connectivity index (χ4n) is 2.12. The van der Waals surface area contributed by atoms with Crippen molar-refractivity contribution in [2.45, 2.75) is 32.1 Å².